The number of aryl methyl sites for hydroxylation is 1. The molecular weight excluding hydrogens is 486 g/mol. The summed E-state index contributed by atoms with van der Waals surface area (Å²) in [5.41, 5.74) is 4.36. The largest absolute Gasteiger partial charge is 0.454 e. The third-order valence-electron chi connectivity index (χ3n) is 7.66. The third-order valence-corrected chi connectivity index (χ3v) is 8.65. The summed E-state index contributed by atoms with van der Waals surface area (Å²) < 4.78 is 10.8. The van der Waals surface area contributed by atoms with Crippen molar-refractivity contribution in [3.63, 3.8) is 0 Å². The zero-order valence-electron chi connectivity index (χ0n) is 21.2. The highest BCUT2D eigenvalue weighted by molar-refractivity contribution is 7.10. The molecule has 192 valence electrons. The maximum absolute atomic E-state index is 13.5. The van der Waals surface area contributed by atoms with Gasteiger partial charge in [0.2, 0.25) is 12.7 Å². The molecule has 3 aromatic rings. The Morgan fingerprint density at radius 2 is 1.81 bits per heavy atom. The van der Waals surface area contributed by atoms with E-state index in [-0.39, 0.29) is 30.7 Å². The van der Waals surface area contributed by atoms with Crippen LogP contribution < -0.4 is 9.47 Å². The normalized spacial score (nSPS) is 21.1. The molecule has 3 aliphatic heterocycles. The maximum Gasteiger partial charge on any atom is 0.254 e. The zero-order valence-corrected chi connectivity index (χ0v) is 22.0. The van der Waals surface area contributed by atoms with Crippen LogP contribution in [0.15, 0.2) is 53.9 Å². The van der Waals surface area contributed by atoms with Crippen LogP contribution in [-0.4, -0.2) is 72.1 Å². The van der Waals surface area contributed by atoms with Gasteiger partial charge in [0.15, 0.2) is 11.5 Å². The lowest BCUT2D eigenvalue weighted by atomic mass is 9.92. The molecule has 7 nitrogen and oxygen atoms in total. The predicted molar refractivity (Wildman–Crippen MR) is 142 cm³/mol. The molecule has 8 heteroatoms. The second-order valence-corrected chi connectivity index (χ2v) is 11.1. The summed E-state index contributed by atoms with van der Waals surface area (Å²) in [5, 5.41) is 2.16. The minimum atomic E-state index is -0.0756. The smallest absolute Gasteiger partial charge is 0.254 e. The zero-order chi connectivity index (χ0) is 25.5. The first kappa shape index (κ1) is 24.0. The molecule has 0 spiro atoms. The number of amides is 2. The van der Waals surface area contributed by atoms with Gasteiger partial charge in [0.05, 0.1) is 12.6 Å². The molecule has 4 heterocycles. The SMILES string of the molecule is Cc1ccc([C@H]2c3ccsc3CCN2CC(=O)N2CCN(C(=O)c3ccc4c(c3)OCO4)[C@H](C)C2)cc1. The Labute approximate surface area is 221 Å². The Morgan fingerprint density at radius 3 is 2.62 bits per heavy atom. The first-order chi connectivity index (χ1) is 18.0. The van der Waals surface area contributed by atoms with Crippen molar-refractivity contribution in [2.75, 3.05) is 39.5 Å². The van der Waals surface area contributed by atoms with E-state index in [1.54, 1.807) is 18.2 Å². The van der Waals surface area contributed by atoms with Gasteiger partial charge in [-0.3, -0.25) is 14.5 Å². The van der Waals surface area contributed by atoms with Crippen molar-refractivity contribution in [2.24, 2.45) is 0 Å². The fourth-order valence-electron chi connectivity index (χ4n) is 5.63. The molecule has 1 aromatic heterocycles. The van der Waals surface area contributed by atoms with Gasteiger partial charge >= 0.3 is 0 Å². The monoisotopic (exact) mass is 517 g/mol. The van der Waals surface area contributed by atoms with Crippen LogP contribution in [0.5, 0.6) is 11.5 Å². The molecule has 3 aliphatic rings. The summed E-state index contributed by atoms with van der Waals surface area (Å²) in [6.07, 6.45) is 0.969. The number of hydrogen-bond acceptors (Lipinski definition) is 6. The lowest BCUT2D eigenvalue weighted by Gasteiger charge is -2.42. The molecule has 2 atom stereocenters. The van der Waals surface area contributed by atoms with Gasteiger partial charge in [0.25, 0.3) is 5.91 Å². The van der Waals surface area contributed by atoms with Gasteiger partial charge < -0.3 is 19.3 Å². The van der Waals surface area contributed by atoms with Gasteiger partial charge in [0.1, 0.15) is 0 Å². The number of carbonyl (C=O) groups excluding carboxylic acids is 2. The molecule has 1 saturated heterocycles. The van der Waals surface area contributed by atoms with Gasteiger partial charge in [-0.2, -0.15) is 0 Å². The quantitative estimate of drug-likeness (QED) is 0.521. The number of hydrogen-bond donors (Lipinski definition) is 0. The first-order valence-electron chi connectivity index (χ1n) is 12.8. The summed E-state index contributed by atoms with van der Waals surface area (Å²) in [7, 11) is 0. The Morgan fingerprint density at radius 1 is 1.00 bits per heavy atom. The van der Waals surface area contributed by atoms with Crippen molar-refractivity contribution in [1.29, 1.82) is 0 Å². The van der Waals surface area contributed by atoms with Crippen LogP contribution in [-0.2, 0) is 11.2 Å². The Bertz CT molecular complexity index is 1320. The van der Waals surface area contributed by atoms with Gasteiger partial charge in [-0.05, 0) is 61.0 Å². The van der Waals surface area contributed by atoms with E-state index in [1.807, 2.05) is 28.1 Å². The number of nitrogens with zero attached hydrogens (tertiary/aromatic N) is 3. The molecule has 2 amide bonds. The molecule has 0 aliphatic carbocycles. The minimum Gasteiger partial charge on any atom is -0.454 e. The summed E-state index contributed by atoms with van der Waals surface area (Å²) >= 11 is 1.81. The van der Waals surface area contributed by atoms with Crippen LogP contribution in [0, 0.1) is 6.92 Å². The molecular formula is C29H31N3O4S. The van der Waals surface area contributed by atoms with E-state index in [1.165, 1.54) is 21.6 Å². The van der Waals surface area contributed by atoms with Gasteiger partial charge in [0, 0.05) is 42.7 Å². The summed E-state index contributed by atoms with van der Waals surface area (Å²) in [4.78, 5) is 34.3. The Hall–Kier alpha value is -3.36. The van der Waals surface area contributed by atoms with Gasteiger partial charge in [-0.25, -0.2) is 0 Å². The lowest BCUT2D eigenvalue weighted by molar-refractivity contribution is -0.135. The average Bonchev–Trinajstić information content (AvgIpc) is 3.58. The summed E-state index contributed by atoms with van der Waals surface area (Å²) in [5.74, 6) is 1.35. The van der Waals surface area contributed by atoms with E-state index in [2.05, 4.69) is 47.5 Å². The third kappa shape index (κ3) is 4.60. The number of benzene rings is 2. The second kappa shape index (κ2) is 9.84. The highest BCUT2D eigenvalue weighted by atomic mass is 32.1. The lowest BCUT2D eigenvalue weighted by Crippen LogP contribution is -2.57. The fourth-order valence-corrected chi connectivity index (χ4v) is 6.54. The number of carbonyl (C=O) groups is 2. The summed E-state index contributed by atoms with van der Waals surface area (Å²) in [6.45, 7) is 7.09. The van der Waals surface area contributed by atoms with E-state index < -0.39 is 0 Å². The highest BCUT2D eigenvalue weighted by Crippen LogP contribution is 2.38. The van der Waals surface area contributed by atoms with Gasteiger partial charge in [-0.15, -0.1) is 11.3 Å². The van der Waals surface area contributed by atoms with E-state index in [0.29, 0.717) is 43.2 Å². The number of rotatable bonds is 4. The van der Waals surface area contributed by atoms with Crippen LogP contribution in [0.4, 0.5) is 0 Å². The Balaban J connectivity index is 1.13. The highest BCUT2D eigenvalue weighted by Gasteiger charge is 2.35. The van der Waals surface area contributed by atoms with E-state index in [0.717, 1.165) is 13.0 Å². The number of thiophene rings is 1. The minimum absolute atomic E-state index is 0.0432. The molecule has 37 heavy (non-hydrogen) atoms. The number of fused-ring (bicyclic) bond motifs is 2. The van der Waals surface area contributed by atoms with E-state index >= 15 is 0 Å². The van der Waals surface area contributed by atoms with Crippen LogP contribution in [0.25, 0.3) is 0 Å². The van der Waals surface area contributed by atoms with Crippen LogP contribution in [0.3, 0.4) is 0 Å². The average molecular weight is 518 g/mol. The van der Waals surface area contributed by atoms with Gasteiger partial charge in [-0.1, -0.05) is 29.8 Å². The Kier molecular flexibility index (Phi) is 6.38. The second-order valence-electron chi connectivity index (χ2n) is 10.1. The van der Waals surface area contributed by atoms with E-state index in [9.17, 15) is 9.59 Å². The van der Waals surface area contributed by atoms with Crippen molar-refractivity contribution in [3.8, 4) is 11.5 Å². The predicted octanol–water partition coefficient (Wildman–Crippen LogP) is 4.11. The molecule has 1 fully saturated rings. The molecule has 0 unspecified atom stereocenters. The van der Waals surface area contributed by atoms with Crippen molar-refractivity contribution in [3.05, 3.63) is 81.0 Å². The van der Waals surface area contributed by atoms with Crippen molar-refractivity contribution in [2.45, 2.75) is 32.4 Å². The molecule has 0 radical (unpaired) electrons. The fraction of sp³-hybridized carbons (Fsp3) is 0.379. The van der Waals surface area contributed by atoms with Crippen LogP contribution >= 0.6 is 11.3 Å². The molecule has 0 bridgehead atoms. The number of ether oxygens (including phenoxy) is 2. The summed E-state index contributed by atoms with van der Waals surface area (Å²) in [6, 6.07) is 16.2. The van der Waals surface area contributed by atoms with Crippen LogP contribution in [0.1, 0.15) is 44.9 Å². The maximum atomic E-state index is 13.5. The molecule has 2 aromatic carbocycles. The molecule has 6 rings (SSSR count). The standard InChI is InChI=1S/C29H31N3O4S/c1-19-3-5-21(6-4-19)28-23-10-14-37-26(23)9-11-31(28)17-27(33)30-12-13-32(20(2)16-30)29(34)22-7-8-24-25(15-22)36-18-35-24/h3-8,10,14-15,20,28H,9,11-13,16-18H2,1-2H3/t20-,28+/m1/s1. The van der Waals surface area contributed by atoms with Crippen LogP contribution in [0.2, 0.25) is 0 Å². The van der Waals surface area contributed by atoms with Crippen molar-refractivity contribution >= 4 is 23.2 Å². The van der Waals surface area contributed by atoms with Crippen molar-refractivity contribution in [1.82, 2.24) is 14.7 Å². The van der Waals surface area contributed by atoms with Crippen molar-refractivity contribution < 1.29 is 19.1 Å². The molecule has 0 saturated carbocycles. The first-order valence-corrected chi connectivity index (χ1v) is 13.7. The topological polar surface area (TPSA) is 62.3 Å². The van der Waals surface area contributed by atoms with E-state index in [4.69, 9.17) is 9.47 Å². The molecule has 0 N–H and O–H groups in total. The number of piperazine rings is 1.